The fourth-order valence-electron chi connectivity index (χ4n) is 3.43. The number of rotatable bonds is 5. The highest BCUT2D eigenvalue weighted by molar-refractivity contribution is 5.45. The van der Waals surface area contributed by atoms with Crippen LogP contribution in [0.2, 0.25) is 0 Å². The number of piperazine rings is 1. The van der Waals surface area contributed by atoms with Gasteiger partial charge in [0.05, 0.1) is 17.2 Å². The van der Waals surface area contributed by atoms with Crippen molar-refractivity contribution in [3.63, 3.8) is 0 Å². The van der Waals surface area contributed by atoms with Gasteiger partial charge in [-0.25, -0.2) is 5.10 Å². The molecule has 0 amide bonds. The maximum atomic E-state index is 13.2. The summed E-state index contributed by atoms with van der Waals surface area (Å²) in [5.74, 6) is 1.11. The number of H-pyrrole nitrogens is 1. The van der Waals surface area contributed by atoms with Gasteiger partial charge >= 0.3 is 6.18 Å². The molecule has 0 bridgehead atoms. The van der Waals surface area contributed by atoms with Gasteiger partial charge in [0.1, 0.15) is 11.5 Å². The lowest BCUT2D eigenvalue weighted by Crippen LogP contribution is -2.46. The van der Waals surface area contributed by atoms with Gasteiger partial charge in [-0.05, 0) is 46.3 Å². The molecule has 0 spiro atoms. The van der Waals surface area contributed by atoms with Crippen LogP contribution in [0.4, 0.5) is 19.1 Å². The Labute approximate surface area is 175 Å². The van der Waals surface area contributed by atoms with Gasteiger partial charge in [-0.1, -0.05) is 17.2 Å². The van der Waals surface area contributed by atoms with Gasteiger partial charge in [0.25, 0.3) is 0 Å². The molecular weight excluding hydrogens is 411 g/mol. The first-order chi connectivity index (χ1) is 14.9. The lowest BCUT2D eigenvalue weighted by Gasteiger charge is -2.34. The van der Waals surface area contributed by atoms with Crippen molar-refractivity contribution in [3.8, 4) is 17.6 Å². The average Bonchev–Trinajstić information content (AvgIpc) is 3.29. The van der Waals surface area contributed by atoms with E-state index in [2.05, 4.69) is 30.4 Å². The van der Waals surface area contributed by atoms with Crippen LogP contribution in [-0.2, 0) is 12.7 Å². The van der Waals surface area contributed by atoms with Crippen LogP contribution in [0, 0.1) is 11.3 Å². The zero-order valence-corrected chi connectivity index (χ0v) is 16.3. The zero-order valence-electron chi connectivity index (χ0n) is 16.3. The Morgan fingerprint density at radius 1 is 1.06 bits per heavy atom. The third-order valence-electron chi connectivity index (χ3n) is 4.96. The van der Waals surface area contributed by atoms with Crippen LogP contribution in [0.5, 0.6) is 11.5 Å². The first-order valence-electron chi connectivity index (χ1n) is 9.51. The second kappa shape index (κ2) is 8.61. The fraction of sp³-hybridized carbons (Fsp3) is 0.300. The standard InChI is InChI=1S/C20H18F3N7O/c21-20(22,23)18-11-17(5-4-15(18)12-24)31-16-3-1-2-14(10-16)13-29-6-8-30(9-7-29)19-25-27-28-26-19/h1-5,10-11H,6-9,13H2,(H,25,26,27,28). The lowest BCUT2D eigenvalue weighted by atomic mass is 10.1. The minimum absolute atomic E-state index is 0.0257. The van der Waals surface area contributed by atoms with E-state index in [1.807, 2.05) is 6.07 Å². The van der Waals surface area contributed by atoms with Crippen molar-refractivity contribution < 1.29 is 17.9 Å². The molecule has 1 aliphatic rings. The molecule has 0 aliphatic carbocycles. The van der Waals surface area contributed by atoms with Gasteiger partial charge in [0, 0.05) is 32.7 Å². The number of nitrogens with zero attached hydrogens (tertiary/aromatic N) is 6. The van der Waals surface area contributed by atoms with E-state index in [0.717, 1.165) is 43.9 Å². The highest BCUT2D eigenvalue weighted by Crippen LogP contribution is 2.35. The maximum Gasteiger partial charge on any atom is 0.417 e. The van der Waals surface area contributed by atoms with E-state index in [1.54, 1.807) is 24.3 Å². The molecule has 1 aromatic heterocycles. The third kappa shape index (κ3) is 4.92. The summed E-state index contributed by atoms with van der Waals surface area (Å²) in [5.41, 5.74) is -0.464. The predicted octanol–water partition coefficient (Wildman–Crippen LogP) is 3.20. The minimum atomic E-state index is -4.63. The first kappa shape index (κ1) is 20.6. The van der Waals surface area contributed by atoms with Gasteiger partial charge in [0.15, 0.2) is 0 Å². The molecule has 0 unspecified atom stereocenters. The van der Waals surface area contributed by atoms with Crippen LogP contribution in [0.1, 0.15) is 16.7 Å². The largest absolute Gasteiger partial charge is 0.457 e. The Kier molecular flexibility index (Phi) is 5.73. The molecular formula is C20H18F3N7O. The number of tetrazole rings is 1. The highest BCUT2D eigenvalue weighted by atomic mass is 19.4. The number of hydrogen-bond acceptors (Lipinski definition) is 7. The summed E-state index contributed by atoms with van der Waals surface area (Å²) in [6.45, 7) is 3.87. The number of nitrogens with one attached hydrogen (secondary N) is 1. The van der Waals surface area contributed by atoms with E-state index in [-0.39, 0.29) is 5.75 Å². The lowest BCUT2D eigenvalue weighted by molar-refractivity contribution is -0.137. The van der Waals surface area contributed by atoms with Crippen LogP contribution < -0.4 is 9.64 Å². The Morgan fingerprint density at radius 2 is 1.84 bits per heavy atom. The Bertz CT molecular complexity index is 1070. The van der Waals surface area contributed by atoms with Gasteiger partial charge in [-0.3, -0.25) is 4.90 Å². The molecule has 31 heavy (non-hydrogen) atoms. The summed E-state index contributed by atoms with van der Waals surface area (Å²) in [7, 11) is 0. The zero-order chi connectivity index (χ0) is 21.8. The van der Waals surface area contributed by atoms with Gasteiger partial charge in [-0.15, -0.1) is 0 Å². The first-order valence-corrected chi connectivity index (χ1v) is 9.51. The topological polar surface area (TPSA) is 94.0 Å². The minimum Gasteiger partial charge on any atom is -0.457 e. The maximum absolute atomic E-state index is 13.2. The quantitative estimate of drug-likeness (QED) is 0.666. The summed E-state index contributed by atoms with van der Waals surface area (Å²) in [5, 5.41) is 22.8. The van der Waals surface area contributed by atoms with E-state index in [0.29, 0.717) is 18.2 Å². The summed E-state index contributed by atoms with van der Waals surface area (Å²) in [6.07, 6.45) is -4.63. The Morgan fingerprint density at radius 3 is 2.52 bits per heavy atom. The molecule has 2 aromatic carbocycles. The smallest absolute Gasteiger partial charge is 0.417 e. The van der Waals surface area contributed by atoms with E-state index < -0.39 is 17.3 Å². The SMILES string of the molecule is N#Cc1ccc(Oc2cccc(CN3CCN(c4nnn[nH]4)CC3)c2)cc1C(F)(F)F. The Balaban J connectivity index is 1.41. The average molecular weight is 429 g/mol. The second-order valence-corrected chi connectivity index (χ2v) is 7.05. The summed E-state index contributed by atoms with van der Waals surface area (Å²) < 4.78 is 45.2. The summed E-state index contributed by atoms with van der Waals surface area (Å²) >= 11 is 0. The number of aromatic nitrogens is 4. The molecule has 1 saturated heterocycles. The van der Waals surface area contributed by atoms with Crippen LogP contribution in [0.15, 0.2) is 42.5 Å². The van der Waals surface area contributed by atoms with Crippen molar-refractivity contribution in [1.82, 2.24) is 25.5 Å². The summed E-state index contributed by atoms with van der Waals surface area (Å²) in [4.78, 5) is 4.34. The van der Waals surface area contributed by atoms with Gasteiger partial charge in [0.2, 0.25) is 5.95 Å². The van der Waals surface area contributed by atoms with E-state index in [4.69, 9.17) is 10.00 Å². The molecule has 1 fully saturated rings. The molecule has 1 N–H and O–H groups in total. The molecule has 3 aromatic rings. The molecule has 11 heteroatoms. The molecule has 0 atom stereocenters. The van der Waals surface area contributed by atoms with Crippen molar-refractivity contribution in [2.45, 2.75) is 12.7 Å². The van der Waals surface area contributed by atoms with Gasteiger partial charge < -0.3 is 9.64 Å². The molecule has 0 radical (unpaired) electrons. The summed E-state index contributed by atoms with van der Waals surface area (Å²) in [6, 6.07) is 12.1. The number of ether oxygens (including phenoxy) is 1. The van der Waals surface area contributed by atoms with Crippen LogP contribution in [-0.4, -0.2) is 51.7 Å². The third-order valence-corrected chi connectivity index (χ3v) is 4.96. The highest BCUT2D eigenvalue weighted by Gasteiger charge is 2.34. The number of alkyl halides is 3. The van der Waals surface area contributed by atoms with Crippen molar-refractivity contribution in [2.75, 3.05) is 31.1 Å². The number of aromatic amines is 1. The number of anilines is 1. The van der Waals surface area contributed by atoms with Crippen molar-refractivity contribution in [1.29, 1.82) is 5.26 Å². The monoisotopic (exact) mass is 429 g/mol. The van der Waals surface area contributed by atoms with Crippen molar-refractivity contribution in [2.24, 2.45) is 0 Å². The van der Waals surface area contributed by atoms with Gasteiger partial charge in [-0.2, -0.15) is 18.4 Å². The van der Waals surface area contributed by atoms with E-state index in [9.17, 15) is 13.2 Å². The molecule has 8 nitrogen and oxygen atoms in total. The van der Waals surface area contributed by atoms with Crippen LogP contribution in [0.25, 0.3) is 0 Å². The molecule has 4 rings (SSSR count). The van der Waals surface area contributed by atoms with Crippen LogP contribution in [0.3, 0.4) is 0 Å². The van der Waals surface area contributed by atoms with Crippen LogP contribution >= 0.6 is 0 Å². The Hall–Kier alpha value is -3.65. The fourth-order valence-corrected chi connectivity index (χ4v) is 3.43. The number of benzene rings is 2. The number of nitriles is 1. The van der Waals surface area contributed by atoms with Crippen molar-refractivity contribution in [3.05, 3.63) is 59.2 Å². The second-order valence-electron chi connectivity index (χ2n) is 7.05. The number of hydrogen-bond donors (Lipinski definition) is 1. The number of halogens is 3. The molecule has 2 heterocycles. The van der Waals surface area contributed by atoms with E-state index in [1.165, 1.54) is 6.07 Å². The molecule has 1 aliphatic heterocycles. The van der Waals surface area contributed by atoms with Crippen molar-refractivity contribution >= 4 is 5.95 Å². The predicted molar refractivity (Wildman–Crippen MR) is 104 cm³/mol. The normalized spacial score (nSPS) is 15.0. The molecule has 160 valence electrons. The molecule has 0 saturated carbocycles. The van der Waals surface area contributed by atoms with E-state index >= 15 is 0 Å².